The highest BCUT2D eigenvalue weighted by Gasteiger charge is 2.14. The second-order valence-corrected chi connectivity index (χ2v) is 5.21. The molecule has 0 spiro atoms. The van der Waals surface area contributed by atoms with Gasteiger partial charge in [-0.25, -0.2) is 0 Å². The fourth-order valence-corrected chi connectivity index (χ4v) is 2.34. The van der Waals surface area contributed by atoms with Crippen LogP contribution in [-0.2, 0) is 0 Å². The van der Waals surface area contributed by atoms with Gasteiger partial charge >= 0.3 is 0 Å². The normalized spacial score (nSPS) is 10.5. The van der Waals surface area contributed by atoms with Crippen LogP contribution in [0.5, 0.6) is 5.75 Å². The summed E-state index contributed by atoms with van der Waals surface area (Å²) in [6.07, 6.45) is 0. The van der Waals surface area contributed by atoms with Crippen molar-refractivity contribution in [3.8, 4) is 5.75 Å². The van der Waals surface area contributed by atoms with Gasteiger partial charge in [0.2, 0.25) is 0 Å². The molecule has 0 unspecified atom stereocenters. The summed E-state index contributed by atoms with van der Waals surface area (Å²) in [4.78, 5) is 24.4. The highest BCUT2D eigenvalue weighted by molar-refractivity contribution is 6.31. The predicted molar refractivity (Wildman–Crippen MR) is 88.4 cm³/mol. The van der Waals surface area contributed by atoms with Gasteiger partial charge in [0.25, 0.3) is 5.91 Å². The average molecular weight is 330 g/mol. The molecular weight excluding hydrogens is 318 g/mol. The van der Waals surface area contributed by atoms with E-state index in [-0.39, 0.29) is 11.2 Å². The summed E-state index contributed by atoms with van der Waals surface area (Å²) in [5, 5.41) is 3.41. The fraction of sp³-hybridized carbons (Fsp3) is 0.0588. The zero-order valence-corrected chi connectivity index (χ0v) is 12.9. The van der Waals surface area contributed by atoms with E-state index in [1.807, 2.05) is 0 Å². The molecule has 1 aromatic heterocycles. The van der Waals surface area contributed by atoms with Crippen molar-refractivity contribution in [3.05, 3.63) is 69.5 Å². The molecule has 6 heteroatoms. The number of amides is 1. The first-order valence-electron chi connectivity index (χ1n) is 6.76. The summed E-state index contributed by atoms with van der Waals surface area (Å²) in [6.45, 7) is 0. The van der Waals surface area contributed by atoms with Gasteiger partial charge in [0.05, 0.1) is 18.2 Å². The van der Waals surface area contributed by atoms with Crippen molar-refractivity contribution >= 4 is 34.2 Å². The van der Waals surface area contributed by atoms with Crippen LogP contribution in [0.1, 0.15) is 10.6 Å². The lowest BCUT2D eigenvalue weighted by molar-refractivity contribution is 0.0997. The molecule has 1 N–H and O–H groups in total. The van der Waals surface area contributed by atoms with Crippen LogP contribution in [0.25, 0.3) is 11.0 Å². The summed E-state index contributed by atoms with van der Waals surface area (Å²) in [7, 11) is 1.50. The van der Waals surface area contributed by atoms with E-state index < -0.39 is 5.91 Å². The maximum Gasteiger partial charge on any atom is 0.291 e. The molecule has 0 bridgehead atoms. The van der Waals surface area contributed by atoms with Crippen LogP contribution in [0.2, 0.25) is 5.02 Å². The Balaban J connectivity index is 1.98. The van der Waals surface area contributed by atoms with E-state index in [9.17, 15) is 9.59 Å². The quantitative estimate of drug-likeness (QED) is 0.795. The lowest BCUT2D eigenvalue weighted by Crippen LogP contribution is -2.15. The highest BCUT2D eigenvalue weighted by atomic mass is 35.5. The number of para-hydroxylation sites is 2. The highest BCUT2D eigenvalue weighted by Crippen LogP contribution is 2.24. The lowest BCUT2D eigenvalue weighted by atomic mass is 10.2. The van der Waals surface area contributed by atoms with Crippen LogP contribution in [0.3, 0.4) is 0 Å². The van der Waals surface area contributed by atoms with Crippen molar-refractivity contribution in [3.63, 3.8) is 0 Å². The molecule has 5 nitrogen and oxygen atoms in total. The smallest absolute Gasteiger partial charge is 0.291 e. The van der Waals surface area contributed by atoms with E-state index in [4.69, 9.17) is 20.8 Å². The maximum atomic E-state index is 12.3. The molecule has 0 aliphatic heterocycles. The number of halogens is 1. The molecule has 0 fully saturated rings. The molecule has 3 rings (SSSR count). The first-order chi connectivity index (χ1) is 11.1. The molecule has 0 saturated carbocycles. The van der Waals surface area contributed by atoms with Crippen LogP contribution in [0.4, 0.5) is 5.69 Å². The number of fused-ring (bicyclic) bond motifs is 1. The monoisotopic (exact) mass is 329 g/mol. The van der Waals surface area contributed by atoms with Gasteiger partial charge in [-0.3, -0.25) is 9.59 Å². The Morgan fingerprint density at radius 2 is 1.96 bits per heavy atom. The average Bonchev–Trinajstić information content (AvgIpc) is 2.55. The Hall–Kier alpha value is -2.79. The standard InChI is InChI=1S/C17H12ClNO4/c1-22-15-5-3-2-4-12(15)19-17(21)16-9-13(20)11-8-10(18)6-7-14(11)23-16/h2-9H,1H3,(H,19,21). The minimum Gasteiger partial charge on any atom is -0.495 e. The number of rotatable bonds is 3. The minimum atomic E-state index is -0.538. The van der Waals surface area contributed by atoms with E-state index >= 15 is 0 Å². The molecule has 0 atom stereocenters. The van der Waals surface area contributed by atoms with E-state index in [1.54, 1.807) is 36.4 Å². The number of carbonyl (C=O) groups is 1. The van der Waals surface area contributed by atoms with Crippen LogP contribution < -0.4 is 15.5 Å². The van der Waals surface area contributed by atoms with Gasteiger partial charge < -0.3 is 14.5 Å². The third-order valence-electron chi connectivity index (χ3n) is 3.27. The summed E-state index contributed by atoms with van der Waals surface area (Å²) >= 11 is 5.86. The Morgan fingerprint density at radius 1 is 1.17 bits per heavy atom. The number of benzene rings is 2. The van der Waals surface area contributed by atoms with Crippen LogP contribution in [0, 0.1) is 0 Å². The number of nitrogens with one attached hydrogen (secondary N) is 1. The third kappa shape index (κ3) is 3.05. The van der Waals surface area contributed by atoms with Gasteiger partial charge in [0.1, 0.15) is 11.3 Å². The van der Waals surface area contributed by atoms with E-state index in [0.717, 1.165) is 6.07 Å². The molecule has 0 radical (unpaired) electrons. The zero-order chi connectivity index (χ0) is 16.4. The predicted octanol–water partition coefficient (Wildman–Crippen LogP) is 3.71. The van der Waals surface area contributed by atoms with Gasteiger partial charge in [-0.1, -0.05) is 23.7 Å². The molecule has 1 amide bonds. The second kappa shape index (κ2) is 6.14. The molecule has 0 aliphatic carbocycles. The topological polar surface area (TPSA) is 68.5 Å². The van der Waals surface area contributed by atoms with Crippen molar-refractivity contribution in [1.82, 2.24) is 0 Å². The van der Waals surface area contributed by atoms with Crippen LogP contribution in [0.15, 0.2) is 57.7 Å². The lowest BCUT2D eigenvalue weighted by Gasteiger charge is -2.09. The molecule has 116 valence electrons. The Bertz CT molecular complexity index is 949. The van der Waals surface area contributed by atoms with Crippen molar-refractivity contribution < 1.29 is 13.9 Å². The van der Waals surface area contributed by atoms with Gasteiger partial charge in [0.15, 0.2) is 11.2 Å². The van der Waals surface area contributed by atoms with Crippen molar-refractivity contribution in [2.75, 3.05) is 12.4 Å². The minimum absolute atomic E-state index is 0.0873. The first-order valence-corrected chi connectivity index (χ1v) is 7.14. The zero-order valence-electron chi connectivity index (χ0n) is 12.1. The van der Waals surface area contributed by atoms with E-state index in [0.29, 0.717) is 27.4 Å². The van der Waals surface area contributed by atoms with Crippen molar-refractivity contribution in [2.24, 2.45) is 0 Å². The number of hydrogen-bond acceptors (Lipinski definition) is 4. The number of hydrogen-bond donors (Lipinski definition) is 1. The molecule has 0 aliphatic rings. The molecule has 23 heavy (non-hydrogen) atoms. The fourth-order valence-electron chi connectivity index (χ4n) is 2.17. The number of ether oxygens (including phenoxy) is 1. The summed E-state index contributed by atoms with van der Waals surface area (Å²) in [6, 6.07) is 12.7. The summed E-state index contributed by atoms with van der Waals surface area (Å²) in [5.41, 5.74) is 0.449. The SMILES string of the molecule is COc1ccccc1NC(=O)c1cc(=O)c2cc(Cl)ccc2o1. The van der Waals surface area contributed by atoms with Crippen LogP contribution in [-0.4, -0.2) is 13.0 Å². The van der Waals surface area contributed by atoms with Crippen LogP contribution >= 0.6 is 11.6 Å². The van der Waals surface area contributed by atoms with Gasteiger partial charge in [-0.05, 0) is 30.3 Å². The largest absolute Gasteiger partial charge is 0.495 e. The van der Waals surface area contributed by atoms with Crippen molar-refractivity contribution in [2.45, 2.75) is 0 Å². The molecule has 0 saturated heterocycles. The Morgan fingerprint density at radius 3 is 2.74 bits per heavy atom. The number of anilines is 1. The molecule has 2 aromatic carbocycles. The number of carbonyl (C=O) groups excluding carboxylic acids is 1. The van der Waals surface area contributed by atoms with E-state index in [2.05, 4.69) is 5.32 Å². The molecule has 1 heterocycles. The van der Waals surface area contributed by atoms with Gasteiger partial charge in [-0.15, -0.1) is 0 Å². The molecular formula is C17H12ClNO4. The maximum absolute atomic E-state index is 12.3. The Kier molecular flexibility index (Phi) is 4.04. The second-order valence-electron chi connectivity index (χ2n) is 4.77. The molecule has 3 aromatic rings. The summed E-state index contributed by atoms with van der Waals surface area (Å²) < 4.78 is 10.7. The first kappa shape index (κ1) is 15.1. The third-order valence-corrected chi connectivity index (χ3v) is 3.50. The Labute approximate surface area is 136 Å². The van der Waals surface area contributed by atoms with Crippen molar-refractivity contribution in [1.29, 1.82) is 0 Å². The van der Waals surface area contributed by atoms with E-state index in [1.165, 1.54) is 13.2 Å². The summed E-state index contributed by atoms with van der Waals surface area (Å²) in [5.74, 6) is -0.116. The number of methoxy groups -OCH3 is 1. The van der Waals surface area contributed by atoms with Gasteiger partial charge in [-0.2, -0.15) is 0 Å². The van der Waals surface area contributed by atoms with Gasteiger partial charge in [0, 0.05) is 11.1 Å².